The molecule has 25 heavy (non-hydrogen) atoms. The molecular formula is C17H26ClNO5S. The second kappa shape index (κ2) is 10.1. The highest BCUT2D eigenvalue weighted by Gasteiger charge is 2.41. The maximum Gasteiger partial charge on any atom is 0.171 e. The van der Waals surface area contributed by atoms with Gasteiger partial charge in [0.05, 0.1) is 16.9 Å². The molecule has 0 bridgehead atoms. The summed E-state index contributed by atoms with van der Waals surface area (Å²) < 4.78 is 11.9. The molecule has 1 aliphatic rings. The first-order valence-electron chi connectivity index (χ1n) is 8.27. The van der Waals surface area contributed by atoms with Crippen LogP contribution in [-0.4, -0.2) is 49.1 Å². The van der Waals surface area contributed by atoms with Crippen LogP contribution in [0.2, 0.25) is 0 Å². The molecule has 3 unspecified atom stereocenters. The van der Waals surface area contributed by atoms with E-state index in [1.807, 2.05) is 6.92 Å². The molecule has 0 heterocycles. The molecule has 0 aromatic rings. The summed E-state index contributed by atoms with van der Waals surface area (Å²) in [6, 6.07) is 0. The van der Waals surface area contributed by atoms with E-state index in [0.29, 0.717) is 17.9 Å². The average molecular weight is 392 g/mol. The number of aliphatic hydroxyl groups is 2. The SMILES string of the molecule is CC/C(=N\OC/C=C/Cl)C1=C(O)CC(O)(CC(C)S(=O)CC)CC1=O. The highest BCUT2D eigenvalue weighted by Crippen LogP contribution is 2.34. The number of ketones is 1. The lowest BCUT2D eigenvalue weighted by Crippen LogP contribution is -2.41. The first-order chi connectivity index (χ1) is 11.8. The Morgan fingerprint density at radius 1 is 1.48 bits per heavy atom. The molecule has 0 aromatic heterocycles. The van der Waals surface area contributed by atoms with E-state index in [0.717, 1.165) is 0 Å². The van der Waals surface area contributed by atoms with Crippen molar-refractivity contribution < 1.29 is 24.1 Å². The number of carbonyl (C=O) groups is 1. The molecule has 0 saturated carbocycles. The number of carbonyl (C=O) groups excluding carboxylic acids is 1. The predicted octanol–water partition coefficient (Wildman–Crippen LogP) is 2.97. The van der Waals surface area contributed by atoms with Crippen LogP contribution >= 0.6 is 11.6 Å². The monoisotopic (exact) mass is 391 g/mol. The van der Waals surface area contributed by atoms with E-state index in [-0.39, 0.29) is 42.5 Å². The largest absolute Gasteiger partial charge is 0.511 e. The zero-order chi connectivity index (χ0) is 19.0. The van der Waals surface area contributed by atoms with Crippen molar-refractivity contribution in [2.24, 2.45) is 5.16 Å². The minimum Gasteiger partial charge on any atom is -0.511 e. The molecular weight excluding hydrogens is 366 g/mol. The minimum absolute atomic E-state index is 0.0695. The van der Waals surface area contributed by atoms with Gasteiger partial charge in [0.2, 0.25) is 0 Å². The van der Waals surface area contributed by atoms with E-state index in [4.69, 9.17) is 16.4 Å². The summed E-state index contributed by atoms with van der Waals surface area (Å²) in [5.74, 6) is -0.109. The number of rotatable bonds is 9. The molecule has 2 N–H and O–H groups in total. The lowest BCUT2D eigenvalue weighted by atomic mass is 9.79. The molecule has 0 amide bonds. The van der Waals surface area contributed by atoms with Gasteiger partial charge < -0.3 is 15.1 Å². The molecule has 6 nitrogen and oxygen atoms in total. The molecule has 0 spiro atoms. The fourth-order valence-corrected chi connectivity index (χ4v) is 4.01. The van der Waals surface area contributed by atoms with E-state index in [2.05, 4.69) is 5.16 Å². The lowest BCUT2D eigenvalue weighted by Gasteiger charge is -2.34. The standard InChI is InChI=1S/C17H26ClNO5S/c1-4-13(19-24-8-6-7-18)16-14(20)10-17(22,11-15(16)21)9-12(3)25(23)5-2/h6-7,12,20,22H,4-5,8-11H2,1-3H3/b7-6+,19-13+. The summed E-state index contributed by atoms with van der Waals surface area (Å²) in [5, 5.41) is 24.7. The Hall–Kier alpha value is -1.18. The van der Waals surface area contributed by atoms with Crippen molar-refractivity contribution in [3.8, 4) is 0 Å². The second-order valence-corrected chi connectivity index (χ2v) is 8.45. The van der Waals surface area contributed by atoms with Crippen molar-refractivity contribution in [3.05, 3.63) is 22.9 Å². The van der Waals surface area contributed by atoms with Gasteiger partial charge in [-0.25, -0.2) is 0 Å². The quantitative estimate of drug-likeness (QED) is 0.358. The van der Waals surface area contributed by atoms with E-state index in [9.17, 15) is 19.2 Å². The average Bonchev–Trinajstić information content (AvgIpc) is 2.54. The molecule has 1 aliphatic carbocycles. The van der Waals surface area contributed by atoms with Gasteiger partial charge in [0.25, 0.3) is 0 Å². The topological polar surface area (TPSA) is 96.2 Å². The summed E-state index contributed by atoms with van der Waals surface area (Å²) in [5.41, 5.74) is 0.338. The van der Waals surface area contributed by atoms with Gasteiger partial charge in [-0.2, -0.15) is 0 Å². The van der Waals surface area contributed by atoms with Gasteiger partial charge >= 0.3 is 0 Å². The van der Waals surface area contributed by atoms with E-state index >= 15 is 0 Å². The van der Waals surface area contributed by atoms with Crippen LogP contribution in [0.25, 0.3) is 0 Å². The van der Waals surface area contributed by atoms with Crippen LogP contribution in [0.15, 0.2) is 28.1 Å². The molecule has 3 atom stereocenters. The molecule has 0 fully saturated rings. The number of halogens is 1. The third-order valence-corrected chi connectivity index (χ3v) is 5.82. The fraction of sp³-hybridized carbons (Fsp3) is 0.647. The first-order valence-corrected chi connectivity index (χ1v) is 10.1. The molecule has 0 aliphatic heterocycles. The minimum atomic E-state index is -1.39. The highest BCUT2D eigenvalue weighted by atomic mass is 35.5. The van der Waals surface area contributed by atoms with Gasteiger partial charge in [0, 0.05) is 40.2 Å². The van der Waals surface area contributed by atoms with Crippen LogP contribution in [0.5, 0.6) is 0 Å². The van der Waals surface area contributed by atoms with Gasteiger partial charge in [-0.05, 0) is 18.9 Å². The van der Waals surface area contributed by atoms with Gasteiger partial charge in [-0.15, -0.1) is 0 Å². The molecule has 142 valence electrons. The van der Waals surface area contributed by atoms with Gasteiger partial charge in [-0.3, -0.25) is 9.00 Å². The Bertz CT molecular complexity index is 602. The summed E-state index contributed by atoms with van der Waals surface area (Å²) in [6.07, 6.45) is 1.91. The number of hydrogen-bond acceptors (Lipinski definition) is 6. The maximum absolute atomic E-state index is 12.5. The third kappa shape index (κ3) is 6.24. The summed E-state index contributed by atoms with van der Waals surface area (Å²) in [7, 11) is -1.08. The number of Topliss-reactive ketones (excluding diaryl/α,β-unsaturated/α-hetero) is 1. The fourth-order valence-electron chi connectivity index (χ4n) is 2.88. The Morgan fingerprint density at radius 3 is 2.68 bits per heavy atom. The van der Waals surface area contributed by atoms with E-state index in [1.165, 1.54) is 5.54 Å². The zero-order valence-corrected chi connectivity index (χ0v) is 16.4. The summed E-state index contributed by atoms with van der Waals surface area (Å²) in [4.78, 5) is 17.6. The highest BCUT2D eigenvalue weighted by molar-refractivity contribution is 7.85. The predicted molar refractivity (Wildman–Crippen MR) is 100 cm³/mol. The Labute approximate surface area is 156 Å². The maximum atomic E-state index is 12.5. The molecule has 0 saturated heterocycles. The lowest BCUT2D eigenvalue weighted by molar-refractivity contribution is -0.122. The number of oxime groups is 1. The molecule has 0 radical (unpaired) electrons. The number of hydrogen-bond donors (Lipinski definition) is 2. The smallest absolute Gasteiger partial charge is 0.171 e. The van der Waals surface area contributed by atoms with Crippen LogP contribution in [0.4, 0.5) is 0 Å². The third-order valence-electron chi connectivity index (χ3n) is 4.01. The molecule has 0 aromatic carbocycles. The zero-order valence-electron chi connectivity index (χ0n) is 14.8. The van der Waals surface area contributed by atoms with Crippen molar-refractivity contribution in [1.29, 1.82) is 0 Å². The van der Waals surface area contributed by atoms with Crippen LogP contribution < -0.4 is 0 Å². The van der Waals surface area contributed by atoms with Crippen LogP contribution in [0.1, 0.15) is 46.5 Å². The summed E-state index contributed by atoms with van der Waals surface area (Å²) in [6.45, 7) is 5.52. The van der Waals surface area contributed by atoms with Crippen molar-refractivity contribution >= 4 is 33.9 Å². The van der Waals surface area contributed by atoms with Crippen LogP contribution in [0.3, 0.4) is 0 Å². The van der Waals surface area contributed by atoms with Gasteiger partial charge in [0.1, 0.15) is 12.4 Å². The van der Waals surface area contributed by atoms with Gasteiger partial charge in [0.15, 0.2) is 5.78 Å². The Balaban J connectivity index is 2.97. The molecule has 1 rings (SSSR count). The van der Waals surface area contributed by atoms with E-state index in [1.54, 1.807) is 19.9 Å². The van der Waals surface area contributed by atoms with Crippen molar-refractivity contribution in [1.82, 2.24) is 0 Å². The van der Waals surface area contributed by atoms with Crippen molar-refractivity contribution in [2.75, 3.05) is 12.4 Å². The number of nitrogens with zero attached hydrogens (tertiary/aromatic N) is 1. The second-order valence-electron chi connectivity index (χ2n) is 6.06. The first kappa shape index (κ1) is 21.9. The summed E-state index contributed by atoms with van der Waals surface area (Å²) >= 11 is 5.39. The van der Waals surface area contributed by atoms with Crippen LogP contribution in [-0.2, 0) is 20.4 Å². The van der Waals surface area contributed by atoms with Gasteiger partial charge in [-0.1, -0.05) is 37.5 Å². The van der Waals surface area contributed by atoms with E-state index < -0.39 is 22.2 Å². The molecule has 8 heteroatoms. The van der Waals surface area contributed by atoms with Crippen LogP contribution in [0, 0.1) is 0 Å². The van der Waals surface area contributed by atoms with Crippen molar-refractivity contribution in [3.63, 3.8) is 0 Å². The van der Waals surface area contributed by atoms with Crippen molar-refractivity contribution in [2.45, 2.75) is 57.3 Å². The number of allylic oxidation sites excluding steroid dienone is 1. The Kier molecular flexibility index (Phi) is 8.82. The number of aliphatic hydroxyl groups excluding tert-OH is 1. The normalized spacial score (nSPS) is 24.7. The Morgan fingerprint density at radius 2 is 2.16 bits per heavy atom.